The zero-order valence-electron chi connectivity index (χ0n) is 21.7. The summed E-state index contributed by atoms with van der Waals surface area (Å²) in [5, 5.41) is 0.646. The van der Waals surface area contributed by atoms with E-state index >= 15 is 0 Å². The molecule has 3 saturated heterocycles. The van der Waals surface area contributed by atoms with E-state index < -0.39 is 17.7 Å². The second-order valence-corrected chi connectivity index (χ2v) is 11.9. The summed E-state index contributed by atoms with van der Waals surface area (Å²) in [7, 11) is 1.62. The molecule has 3 aliphatic heterocycles. The molecule has 36 heavy (non-hydrogen) atoms. The number of nitrogens with zero attached hydrogens (tertiary/aromatic N) is 4. The number of thiazole rings is 1. The first-order chi connectivity index (χ1) is 17.0. The number of aromatic nitrogens is 1. The minimum atomic E-state index is -0.628. The molecule has 0 bridgehead atoms. The largest absolute Gasteiger partial charge is 0.494 e. The van der Waals surface area contributed by atoms with Gasteiger partial charge in [-0.3, -0.25) is 19.4 Å². The van der Waals surface area contributed by atoms with Crippen LogP contribution in [0.1, 0.15) is 52.5 Å². The molecule has 2 aromatic rings. The van der Waals surface area contributed by atoms with Crippen LogP contribution in [0.5, 0.6) is 5.75 Å². The van der Waals surface area contributed by atoms with E-state index in [1.54, 1.807) is 16.9 Å². The minimum Gasteiger partial charge on any atom is -0.494 e. The van der Waals surface area contributed by atoms with E-state index in [0.29, 0.717) is 36.8 Å². The van der Waals surface area contributed by atoms with Gasteiger partial charge in [-0.25, -0.2) is 9.78 Å². The Kier molecular flexibility index (Phi) is 6.13. The van der Waals surface area contributed by atoms with Gasteiger partial charge in [-0.05, 0) is 58.6 Å². The van der Waals surface area contributed by atoms with Crippen molar-refractivity contribution in [3.8, 4) is 5.75 Å². The molecule has 5 rings (SSSR count). The Morgan fingerprint density at radius 2 is 1.89 bits per heavy atom. The highest BCUT2D eigenvalue weighted by Crippen LogP contribution is 2.44. The monoisotopic (exact) mass is 514 g/mol. The van der Waals surface area contributed by atoms with Crippen molar-refractivity contribution in [3.63, 3.8) is 0 Å². The number of benzene rings is 1. The Morgan fingerprint density at radius 3 is 2.58 bits per heavy atom. The van der Waals surface area contributed by atoms with Crippen LogP contribution < -0.4 is 9.64 Å². The molecule has 194 valence electrons. The number of anilines is 1. The summed E-state index contributed by atoms with van der Waals surface area (Å²) in [5.74, 6) is 0.219. The lowest BCUT2D eigenvalue weighted by molar-refractivity contribution is -0.137. The summed E-state index contributed by atoms with van der Waals surface area (Å²) in [6, 6.07) is 2.95. The maximum absolute atomic E-state index is 13.8. The van der Waals surface area contributed by atoms with Gasteiger partial charge in [0.2, 0.25) is 11.8 Å². The fraction of sp³-hybridized carbons (Fsp3) is 0.615. The SMILES string of the molecule is COc1ccc(C)c2sc(N3C(=O)[C@@H](C)[C@@H]4[C@@H]3CCN4C(=O)[C@@H]3CCCN3C(=O)OC(C)(C)C)nc12. The van der Waals surface area contributed by atoms with E-state index in [2.05, 4.69) is 0 Å². The van der Waals surface area contributed by atoms with Crippen LogP contribution in [0.4, 0.5) is 9.93 Å². The average molecular weight is 515 g/mol. The molecule has 10 heteroatoms. The third-order valence-corrected chi connectivity index (χ3v) is 8.65. The van der Waals surface area contributed by atoms with Crippen molar-refractivity contribution >= 4 is 44.6 Å². The zero-order chi connectivity index (χ0) is 25.9. The molecule has 3 aliphatic rings. The predicted molar refractivity (Wildman–Crippen MR) is 137 cm³/mol. The highest BCUT2D eigenvalue weighted by atomic mass is 32.1. The quantitative estimate of drug-likeness (QED) is 0.616. The lowest BCUT2D eigenvalue weighted by atomic mass is 10.0. The van der Waals surface area contributed by atoms with Gasteiger partial charge in [0.05, 0.1) is 29.8 Å². The van der Waals surface area contributed by atoms with E-state index in [-0.39, 0.29) is 29.8 Å². The second kappa shape index (κ2) is 8.90. The van der Waals surface area contributed by atoms with Crippen LogP contribution in [0.3, 0.4) is 0 Å². The summed E-state index contributed by atoms with van der Waals surface area (Å²) in [5.41, 5.74) is 1.21. The van der Waals surface area contributed by atoms with Gasteiger partial charge in [0.1, 0.15) is 22.9 Å². The van der Waals surface area contributed by atoms with Crippen molar-refractivity contribution in [3.05, 3.63) is 17.7 Å². The lowest BCUT2D eigenvalue weighted by Crippen LogP contribution is -2.52. The third kappa shape index (κ3) is 3.99. The average Bonchev–Trinajstić information content (AvgIpc) is 3.58. The highest BCUT2D eigenvalue weighted by Gasteiger charge is 2.55. The Morgan fingerprint density at radius 1 is 1.14 bits per heavy atom. The van der Waals surface area contributed by atoms with E-state index in [1.807, 2.05) is 51.7 Å². The number of ether oxygens (including phenoxy) is 2. The number of methoxy groups -OCH3 is 1. The van der Waals surface area contributed by atoms with Gasteiger partial charge in [-0.2, -0.15) is 0 Å². The number of fused-ring (bicyclic) bond motifs is 2. The standard InChI is InChI=1S/C26H34N4O5S/c1-14-9-10-18(34-6)19-21(14)36-24(27-19)30-16-11-13-29(20(16)15(2)22(30)31)23(32)17-8-7-12-28(17)25(33)35-26(3,4)5/h9-10,15-17,20H,7-8,11-13H2,1-6H3/t15-,16-,17-,20+/m0/s1. The summed E-state index contributed by atoms with van der Waals surface area (Å²) in [4.78, 5) is 50.0. The summed E-state index contributed by atoms with van der Waals surface area (Å²) in [6.45, 7) is 10.4. The maximum atomic E-state index is 13.8. The van der Waals surface area contributed by atoms with Gasteiger partial charge in [-0.15, -0.1) is 0 Å². The molecule has 4 atom stereocenters. The van der Waals surface area contributed by atoms with Gasteiger partial charge < -0.3 is 14.4 Å². The minimum absolute atomic E-state index is 0.0198. The first-order valence-corrected chi connectivity index (χ1v) is 13.4. The summed E-state index contributed by atoms with van der Waals surface area (Å²) < 4.78 is 12.1. The first-order valence-electron chi connectivity index (χ1n) is 12.6. The van der Waals surface area contributed by atoms with E-state index in [1.165, 1.54) is 11.3 Å². The Hall–Kier alpha value is -2.88. The fourth-order valence-electron chi connectivity index (χ4n) is 5.83. The van der Waals surface area contributed by atoms with E-state index in [9.17, 15) is 14.4 Å². The first kappa shape index (κ1) is 24.8. The number of amides is 3. The van der Waals surface area contributed by atoms with Crippen LogP contribution >= 0.6 is 11.3 Å². The van der Waals surface area contributed by atoms with Crippen molar-refractivity contribution < 1.29 is 23.9 Å². The molecule has 3 amide bonds. The molecule has 1 aromatic carbocycles. The van der Waals surface area contributed by atoms with Gasteiger partial charge in [0.25, 0.3) is 0 Å². The Bertz CT molecular complexity index is 1220. The number of hydrogen-bond acceptors (Lipinski definition) is 7. The Labute approximate surface area is 215 Å². The number of carbonyl (C=O) groups is 3. The molecule has 0 spiro atoms. The molecule has 9 nitrogen and oxygen atoms in total. The second-order valence-electron chi connectivity index (χ2n) is 11.0. The van der Waals surface area contributed by atoms with Crippen LogP contribution in [-0.4, -0.2) is 76.6 Å². The molecule has 3 fully saturated rings. The van der Waals surface area contributed by atoms with Gasteiger partial charge in [0, 0.05) is 13.1 Å². The fourth-order valence-corrected chi connectivity index (χ4v) is 6.94. The van der Waals surface area contributed by atoms with Crippen molar-refractivity contribution in [1.29, 1.82) is 0 Å². The molecule has 0 aliphatic carbocycles. The van der Waals surface area contributed by atoms with Crippen LogP contribution in [0.2, 0.25) is 0 Å². The normalized spacial score (nSPS) is 26.2. The molecular weight excluding hydrogens is 480 g/mol. The predicted octanol–water partition coefficient (Wildman–Crippen LogP) is 3.97. The lowest BCUT2D eigenvalue weighted by Gasteiger charge is -2.33. The van der Waals surface area contributed by atoms with Crippen LogP contribution in [0.15, 0.2) is 12.1 Å². The number of hydrogen-bond donors (Lipinski definition) is 0. The third-order valence-electron chi connectivity index (χ3n) is 7.46. The summed E-state index contributed by atoms with van der Waals surface area (Å²) in [6.07, 6.45) is 1.59. The van der Waals surface area contributed by atoms with Gasteiger partial charge >= 0.3 is 6.09 Å². The molecular formula is C26H34N4O5S. The van der Waals surface area contributed by atoms with Crippen molar-refractivity contribution in [2.45, 2.75) is 77.6 Å². The van der Waals surface area contributed by atoms with Crippen LogP contribution in [0.25, 0.3) is 10.2 Å². The topological polar surface area (TPSA) is 92.3 Å². The number of carbonyl (C=O) groups excluding carboxylic acids is 3. The van der Waals surface area contributed by atoms with Crippen molar-refractivity contribution in [2.75, 3.05) is 25.1 Å². The molecule has 1 aromatic heterocycles. The zero-order valence-corrected chi connectivity index (χ0v) is 22.6. The van der Waals surface area contributed by atoms with Crippen molar-refractivity contribution in [2.24, 2.45) is 5.92 Å². The van der Waals surface area contributed by atoms with E-state index in [4.69, 9.17) is 14.5 Å². The number of aryl methyl sites for hydroxylation is 1. The molecule has 0 saturated carbocycles. The maximum Gasteiger partial charge on any atom is 0.410 e. The van der Waals surface area contributed by atoms with Crippen LogP contribution in [-0.2, 0) is 14.3 Å². The smallest absolute Gasteiger partial charge is 0.410 e. The molecule has 0 unspecified atom stereocenters. The van der Waals surface area contributed by atoms with Crippen molar-refractivity contribution in [1.82, 2.24) is 14.8 Å². The highest BCUT2D eigenvalue weighted by molar-refractivity contribution is 7.22. The van der Waals surface area contributed by atoms with Gasteiger partial charge in [-0.1, -0.05) is 24.3 Å². The van der Waals surface area contributed by atoms with Gasteiger partial charge in [0.15, 0.2) is 5.13 Å². The Balaban J connectivity index is 1.41. The summed E-state index contributed by atoms with van der Waals surface area (Å²) >= 11 is 1.49. The van der Waals surface area contributed by atoms with Crippen LogP contribution in [0, 0.1) is 12.8 Å². The molecule has 0 radical (unpaired) electrons. The number of rotatable bonds is 3. The number of likely N-dealkylation sites (tertiary alicyclic amines) is 2. The van der Waals surface area contributed by atoms with E-state index in [0.717, 1.165) is 22.2 Å². The molecule has 4 heterocycles. The molecule has 0 N–H and O–H groups in total.